The average Bonchev–Trinajstić information content (AvgIpc) is 1.61. The Kier molecular flexibility index (Phi) is 3.98. The molecule has 0 aliphatic rings. The Labute approximate surface area is 56.5 Å². The molecule has 0 aromatic rings. The smallest absolute Gasteiger partial charge is 0.0109 e. The Hall–Kier alpha value is 0.0300. The van der Waals surface area contributed by atoms with E-state index < -0.39 is 0 Å². The van der Waals surface area contributed by atoms with Crippen LogP contribution in [0.4, 0.5) is 0 Å². The van der Waals surface area contributed by atoms with Crippen molar-refractivity contribution in [2.45, 2.75) is 26.7 Å². The second-order valence-electron chi connectivity index (χ2n) is 2.45. The van der Waals surface area contributed by atoms with Crippen LogP contribution in [0.25, 0.3) is 0 Å². The van der Waals surface area contributed by atoms with Crippen LogP contribution >= 0.6 is 11.6 Å². The van der Waals surface area contributed by atoms with Crippen molar-refractivity contribution in [3.63, 3.8) is 0 Å². The van der Waals surface area contributed by atoms with Gasteiger partial charge in [0.05, 0.1) is 0 Å². The second-order valence-corrected chi connectivity index (χ2v) is 2.98. The highest BCUT2D eigenvalue weighted by Gasteiger charge is 1.93. The Bertz CT molecular complexity index is 74.5. The summed E-state index contributed by atoms with van der Waals surface area (Å²) in [4.78, 5) is 0. The summed E-state index contributed by atoms with van der Waals surface area (Å²) in [7, 11) is 0. The molecule has 0 saturated heterocycles. The molecular formula is C7H13Cl. The van der Waals surface area contributed by atoms with Crippen molar-refractivity contribution in [1.82, 2.24) is 0 Å². The molecule has 0 nitrogen and oxygen atoms in total. The van der Waals surface area contributed by atoms with E-state index in [1.54, 1.807) is 0 Å². The normalized spacial score (nSPS) is 10.0. The largest absolute Gasteiger partial charge is 0.0898 e. The number of rotatable bonds is 3. The number of hydrogen-bond acceptors (Lipinski definition) is 0. The molecule has 1 heteroatoms. The van der Waals surface area contributed by atoms with Crippen LogP contribution in [0.3, 0.4) is 0 Å². The van der Waals surface area contributed by atoms with E-state index in [2.05, 4.69) is 20.4 Å². The van der Waals surface area contributed by atoms with Crippen LogP contribution in [-0.2, 0) is 0 Å². The minimum absolute atomic E-state index is 0.741. The molecule has 0 aliphatic carbocycles. The number of allylic oxidation sites excluding steroid dienone is 1. The van der Waals surface area contributed by atoms with E-state index in [4.69, 9.17) is 11.6 Å². The second kappa shape index (κ2) is 3.96. The van der Waals surface area contributed by atoms with E-state index in [0.717, 1.165) is 23.8 Å². The van der Waals surface area contributed by atoms with E-state index >= 15 is 0 Å². The van der Waals surface area contributed by atoms with Crippen LogP contribution in [0.1, 0.15) is 26.7 Å². The molecule has 0 N–H and O–H groups in total. The van der Waals surface area contributed by atoms with Crippen molar-refractivity contribution >= 4 is 11.6 Å². The van der Waals surface area contributed by atoms with E-state index in [-0.39, 0.29) is 0 Å². The molecule has 0 aromatic heterocycles. The van der Waals surface area contributed by atoms with Gasteiger partial charge in [0, 0.05) is 5.03 Å². The van der Waals surface area contributed by atoms with Crippen LogP contribution in [0.5, 0.6) is 0 Å². The van der Waals surface area contributed by atoms with Crippen LogP contribution in [0, 0.1) is 5.92 Å². The van der Waals surface area contributed by atoms with E-state index in [9.17, 15) is 0 Å². The minimum atomic E-state index is 0.741. The molecule has 0 saturated carbocycles. The summed E-state index contributed by atoms with van der Waals surface area (Å²) < 4.78 is 0. The Balaban J connectivity index is 3.05. The highest BCUT2D eigenvalue weighted by molar-refractivity contribution is 6.29. The molecule has 0 rings (SSSR count). The van der Waals surface area contributed by atoms with Gasteiger partial charge in [0.1, 0.15) is 0 Å². The van der Waals surface area contributed by atoms with Gasteiger partial charge in [-0.15, -0.1) is 0 Å². The Morgan fingerprint density at radius 3 is 2.25 bits per heavy atom. The van der Waals surface area contributed by atoms with Gasteiger partial charge in [0.25, 0.3) is 0 Å². The lowest BCUT2D eigenvalue weighted by Crippen LogP contribution is -1.84. The average molecular weight is 133 g/mol. The Morgan fingerprint density at radius 1 is 1.62 bits per heavy atom. The molecule has 0 radical (unpaired) electrons. The molecule has 0 atom stereocenters. The van der Waals surface area contributed by atoms with Gasteiger partial charge in [-0.2, -0.15) is 0 Å². The maximum atomic E-state index is 5.53. The van der Waals surface area contributed by atoms with Crippen molar-refractivity contribution in [2.24, 2.45) is 5.92 Å². The maximum Gasteiger partial charge on any atom is 0.0109 e. The molecule has 0 amide bonds. The predicted octanol–water partition coefficient (Wildman–Crippen LogP) is 3.18. The van der Waals surface area contributed by atoms with Gasteiger partial charge >= 0.3 is 0 Å². The quantitative estimate of drug-likeness (QED) is 0.554. The van der Waals surface area contributed by atoms with Crippen LogP contribution < -0.4 is 0 Å². The molecule has 0 bridgehead atoms. The SMILES string of the molecule is C=C(Cl)CCC(C)C. The molecule has 48 valence electrons. The van der Waals surface area contributed by atoms with Gasteiger partial charge < -0.3 is 0 Å². The first-order chi connectivity index (χ1) is 3.63. The highest BCUT2D eigenvalue weighted by atomic mass is 35.5. The van der Waals surface area contributed by atoms with Crippen LogP contribution in [-0.4, -0.2) is 0 Å². The third-order valence-corrected chi connectivity index (χ3v) is 1.18. The summed E-state index contributed by atoms with van der Waals surface area (Å²) in [5, 5.41) is 0.777. The van der Waals surface area contributed by atoms with Crippen molar-refractivity contribution in [3.8, 4) is 0 Å². The lowest BCUT2D eigenvalue weighted by Gasteiger charge is -2.00. The molecule has 0 fully saturated rings. The monoisotopic (exact) mass is 132 g/mol. The summed E-state index contributed by atoms with van der Waals surface area (Å²) in [6.07, 6.45) is 2.11. The maximum absolute atomic E-state index is 5.53. The summed E-state index contributed by atoms with van der Waals surface area (Å²) in [5.74, 6) is 0.741. The standard InChI is InChI=1S/C7H13Cl/c1-6(2)4-5-7(3)8/h6H,3-5H2,1-2H3. The van der Waals surface area contributed by atoms with E-state index in [0.29, 0.717) is 0 Å². The summed E-state index contributed by atoms with van der Waals surface area (Å²) >= 11 is 5.53. The molecule has 0 spiro atoms. The van der Waals surface area contributed by atoms with Gasteiger partial charge in [-0.1, -0.05) is 32.0 Å². The number of halogens is 1. The third-order valence-electron chi connectivity index (χ3n) is 0.993. The zero-order chi connectivity index (χ0) is 6.57. The fourth-order valence-corrected chi connectivity index (χ4v) is 0.554. The molecule has 0 aliphatic heterocycles. The van der Waals surface area contributed by atoms with Gasteiger partial charge in [-0.25, -0.2) is 0 Å². The lowest BCUT2D eigenvalue weighted by molar-refractivity contribution is 0.592. The van der Waals surface area contributed by atoms with Crippen molar-refractivity contribution in [2.75, 3.05) is 0 Å². The summed E-state index contributed by atoms with van der Waals surface area (Å²) in [6.45, 7) is 7.95. The predicted molar refractivity (Wildman–Crippen MR) is 39.1 cm³/mol. The van der Waals surface area contributed by atoms with Crippen molar-refractivity contribution < 1.29 is 0 Å². The first-order valence-corrected chi connectivity index (χ1v) is 3.34. The number of hydrogen-bond donors (Lipinski definition) is 0. The first kappa shape index (κ1) is 8.03. The first-order valence-electron chi connectivity index (χ1n) is 2.96. The third kappa shape index (κ3) is 6.03. The van der Waals surface area contributed by atoms with Gasteiger partial charge in [0.15, 0.2) is 0 Å². The molecule has 0 unspecified atom stereocenters. The van der Waals surface area contributed by atoms with Gasteiger partial charge in [-0.3, -0.25) is 0 Å². The zero-order valence-electron chi connectivity index (χ0n) is 5.58. The molecular weight excluding hydrogens is 120 g/mol. The van der Waals surface area contributed by atoms with Crippen molar-refractivity contribution in [1.29, 1.82) is 0 Å². The van der Waals surface area contributed by atoms with E-state index in [1.165, 1.54) is 0 Å². The van der Waals surface area contributed by atoms with E-state index in [1.807, 2.05) is 0 Å². The van der Waals surface area contributed by atoms with Crippen molar-refractivity contribution in [3.05, 3.63) is 11.6 Å². The van der Waals surface area contributed by atoms with Crippen LogP contribution in [0.2, 0.25) is 0 Å². The molecule has 0 aromatic carbocycles. The topological polar surface area (TPSA) is 0 Å². The Morgan fingerprint density at radius 2 is 2.12 bits per heavy atom. The summed E-state index contributed by atoms with van der Waals surface area (Å²) in [6, 6.07) is 0. The fourth-order valence-electron chi connectivity index (χ4n) is 0.445. The molecule has 0 heterocycles. The molecule has 8 heavy (non-hydrogen) atoms. The van der Waals surface area contributed by atoms with Gasteiger partial charge in [-0.05, 0) is 18.8 Å². The van der Waals surface area contributed by atoms with Crippen LogP contribution in [0.15, 0.2) is 11.6 Å². The fraction of sp³-hybridized carbons (Fsp3) is 0.714. The lowest BCUT2D eigenvalue weighted by atomic mass is 10.1. The zero-order valence-corrected chi connectivity index (χ0v) is 6.33. The van der Waals surface area contributed by atoms with Gasteiger partial charge in [0.2, 0.25) is 0 Å². The highest BCUT2D eigenvalue weighted by Crippen LogP contribution is 2.11. The summed E-state index contributed by atoms with van der Waals surface area (Å²) in [5.41, 5.74) is 0. The minimum Gasteiger partial charge on any atom is -0.0898 e.